The van der Waals surface area contributed by atoms with Crippen molar-refractivity contribution in [1.82, 2.24) is 0 Å². The van der Waals surface area contributed by atoms with Crippen LogP contribution in [0.25, 0.3) is 0 Å². The fraction of sp³-hybridized carbons (Fsp3) is 0.474. The number of carbonyl (C=O) groups excluding carboxylic acids is 2. The van der Waals surface area contributed by atoms with Crippen molar-refractivity contribution in [2.45, 2.75) is 27.4 Å². The molecule has 1 aromatic carbocycles. The maximum Gasteiger partial charge on any atom is 0.333 e. The minimum atomic E-state index is -0.374. The first-order chi connectivity index (χ1) is 11.3. The Bertz CT molecular complexity index is 659. The van der Waals surface area contributed by atoms with Gasteiger partial charge in [-0.2, -0.15) is 0 Å². The zero-order valence-electron chi connectivity index (χ0n) is 14.8. The van der Waals surface area contributed by atoms with Gasteiger partial charge in [-0.1, -0.05) is 32.1 Å². The average Bonchev–Trinajstić information content (AvgIpc) is 3.12. The summed E-state index contributed by atoms with van der Waals surface area (Å²) in [6.07, 6.45) is 1.81. The molecular weight excluding hydrogens is 308 g/mol. The van der Waals surface area contributed by atoms with Gasteiger partial charge in [0.1, 0.15) is 12.4 Å². The molecule has 2 atom stereocenters. The molecule has 0 radical (unpaired) electrons. The predicted octanol–water partition coefficient (Wildman–Crippen LogP) is 3.13. The lowest BCUT2D eigenvalue weighted by molar-refractivity contribution is -0.147. The lowest BCUT2D eigenvalue weighted by atomic mass is 10.1. The van der Waals surface area contributed by atoms with Crippen LogP contribution in [0, 0.1) is 17.3 Å². The molecule has 24 heavy (non-hydrogen) atoms. The second-order valence-electron chi connectivity index (χ2n) is 6.63. The van der Waals surface area contributed by atoms with E-state index in [-0.39, 0.29) is 35.8 Å². The highest BCUT2D eigenvalue weighted by molar-refractivity contribution is 5.88. The molecule has 0 amide bonds. The summed E-state index contributed by atoms with van der Waals surface area (Å²) in [6, 6.07) is 7.41. The van der Waals surface area contributed by atoms with E-state index in [1.807, 2.05) is 44.2 Å². The van der Waals surface area contributed by atoms with Crippen molar-refractivity contribution in [1.29, 1.82) is 0 Å². The molecule has 2 unspecified atom stereocenters. The lowest BCUT2D eigenvalue weighted by Gasteiger charge is -2.07. The highest BCUT2D eigenvalue weighted by atomic mass is 16.5. The molecule has 0 N–H and O–H groups in total. The fourth-order valence-corrected chi connectivity index (χ4v) is 2.94. The van der Waals surface area contributed by atoms with Gasteiger partial charge < -0.3 is 14.2 Å². The number of rotatable bonds is 6. The molecule has 130 valence electrons. The number of carbonyl (C=O) groups is 2. The third kappa shape index (κ3) is 3.78. The summed E-state index contributed by atoms with van der Waals surface area (Å²) < 4.78 is 15.3. The maximum absolute atomic E-state index is 12.4. The highest BCUT2D eigenvalue weighted by Crippen LogP contribution is 2.59. The van der Waals surface area contributed by atoms with Crippen molar-refractivity contribution >= 4 is 11.9 Å². The molecule has 5 heteroatoms. The van der Waals surface area contributed by atoms with Crippen LogP contribution in [0.1, 0.15) is 26.3 Å². The van der Waals surface area contributed by atoms with Crippen molar-refractivity contribution in [3.05, 3.63) is 41.5 Å². The van der Waals surface area contributed by atoms with E-state index in [1.54, 1.807) is 14.0 Å². The van der Waals surface area contributed by atoms with E-state index in [2.05, 4.69) is 0 Å². The zero-order chi connectivity index (χ0) is 17.9. The lowest BCUT2D eigenvalue weighted by Crippen LogP contribution is -2.10. The van der Waals surface area contributed by atoms with Crippen LogP contribution in [0.15, 0.2) is 35.9 Å². The molecule has 0 saturated heterocycles. The molecule has 0 spiro atoms. The van der Waals surface area contributed by atoms with Crippen molar-refractivity contribution in [3.63, 3.8) is 0 Å². The molecule has 1 aromatic rings. The average molecular weight is 332 g/mol. The third-order valence-corrected chi connectivity index (χ3v) is 4.62. The van der Waals surface area contributed by atoms with E-state index in [9.17, 15) is 9.59 Å². The van der Waals surface area contributed by atoms with Crippen molar-refractivity contribution in [3.8, 4) is 5.75 Å². The molecular formula is C19H24O5. The number of allylic oxidation sites excluding steroid dienone is 1. The van der Waals surface area contributed by atoms with Crippen LogP contribution in [-0.4, -0.2) is 26.2 Å². The maximum atomic E-state index is 12.4. The highest BCUT2D eigenvalue weighted by Gasteiger charge is 2.61. The van der Waals surface area contributed by atoms with Gasteiger partial charge in [-0.15, -0.1) is 0 Å². The summed E-state index contributed by atoms with van der Waals surface area (Å²) in [5.41, 5.74) is 1.17. The van der Waals surface area contributed by atoms with Gasteiger partial charge in [-0.25, -0.2) is 4.79 Å². The summed E-state index contributed by atoms with van der Waals surface area (Å²) in [4.78, 5) is 23.9. The first-order valence-electron chi connectivity index (χ1n) is 7.87. The van der Waals surface area contributed by atoms with Crippen LogP contribution < -0.4 is 4.74 Å². The summed E-state index contributed by atoms with van der Waals surface area (Å²) in [7, 11) is 2.94. The Balaban J connectivity index is 1.98. The fourth-order valence-electron chi connectivity index (χ4n) is 2.94. The minimum absolute atomic E-state index is 0.0191. The van der Waals surface area contributed by atoms with E-state index >= 15 is 0 Å². The van der Waals surface area contributed by atoms with Gasteiger partial charge in [-0.3, -0.25) is 4.79 Å². The van der Waals surface area contributed by atoms with Gasteiger partial charge >= 0.3 is 11.9 Å². The summed E-state index contributed by atoms with van der Waals surface area (Å²) in [6.45, 7) is 5.89. The zero-order valence-corrected chi connectivity index (χ0v) is 14.8. The van der Waals surface area contributed by atoms with Crippen LogP contribution in [-0.2, 0) is 25.7 Å². The van der Waals surface area contributed by atoms with Crippen molar-refractivity contribution < 1.29 is 23.8 Å². The molecule has 0 aromatic heterocycles. The van der Waals surface area contributed by atoms with Gasteiger partial charge in [0.15, 0.2) is 0 Å². The Kier molecular flexibility index (Phi) is 5.32. The van der Waals surface area contributed by atoms with E-state index in [1.165, 1.54) is 7.11 Å². The minimum Gasteiger partial charge on any atom is -0.497 e. The number of hydrogen-bond acceptors (Lipinski definition) is 5. The SMILES string of the molecule is COC(=O)/C(C)=C/C1C(C(=O)OCc2cccc(OC)c2)C1(C)C. The van der Waals surface area contributed by atoms with Crippen LogP contribution in [0.3, 0.4) is 0 Å². The number of hydrogen-bond donors (Lipinski definition) is 0. The monoisotopic (exact) mass is 332 g/mol. The van der Waals surface area contributed by atoms with E-state index in [4.69, 9.17) is 14.2 Å². The summed E-state index contributed by atoms with van der Waals surface area (Å²) in [5, 5.41) is 0. The normalized spacial score (nSPS) is 21.8. The van der Waals surface area contributed by atoms with Crippen LogP contribution in [0.5, 0.6) is 5.75 Å². The molecule has 1 aliphatic rings. The second kappa shape index (κ2) is 7.07. The molecule has 1 fully saturated rings. The predicted molar refractivity (Wildman–Crippen MR) is 89.3 cm³/mol. The summed E-state index contributed by atoms with van der Waals surface area (Å²) in [5.74, 6) is -0.162. The van der Waals surface area contributed by atoms with E-state index < -0.39 is 0 Å². The van der Waals surface area contributed by atoms with Crippen LogP contribution in [0.4, 0.5) is 0 Å². The van der Waals surface area contributed by atoms with E-state index in [0.29, 0.717) is 5.57 Å². The first kappa shape index (κ1) is 18.0. The molecule has 1 aliphatic carbocycles. The van der Waals surface area contributed by atoms with Crippen molar-refractivity contribution in [2.75, 3.05) is 14.2 Å². The Morgan fingerprint density at radius 3 is 2.58 bits per heavy atom. The quantitative estimate of drug-likeness (QED) is 0.591. The number of esters is 2. The first-order valence-corrected chi connectivity index (χ1v) is 7.87. The van der Waals surface area contributed by atoms with Gasteiger partial charge in [0.2, 0.25) is 0 Å². The Morgan fingerprint density at radius 2 is 1.96 bits per heavy atom. The van der Waals surface area contributed by atoms with Crippen LogP contribution in [0.2, 0.25) is 0 Å². The van der Waals surface area contributed by atoms with Gasteiger partial charge in [0.05, 0.1) is 20.1 Å². The standard InChI is InChI=1S/C19H24O5/c1-12(17(20)23-5)9-15-16(19(15,2)3)18(21)24-11-13-7-6-8-14(10-13)22-4/h6-10,15-16H,11H2,1-5H3/b12-9+. The summed E-state index contributed by atoms with van der Waals surface area (Å²) >= 11 is 0. The topological polar surface area (TPSA) is 61.8 Å². The van der Waals surface area contributed by atoms with E-state index in [0.717, 1.165) is 11.3 Å². The Hall–Kier alpha value is -2.30. The number of benzene rings is 1. The van der Waals surface area contributed by atoms with Gasteiger partial charge in [0.25, 0.3) is 0 Å². The number of ether oxygens (including phenoxy) is 3. The third-order valence-electron chi connectivity index (χ3n) is 4.62. The molecule has 2 rings (SSSR count). The van der Waals surface area contributed by atoms with Crippen molar-refractivity contribution in [2.24, 2.45) is 17.3 Å². The largest absolute Gasteiger partial charge is 0.497 e. The molecule has 0 aliphatic heterocycles. The molecule has 0 bridgehead atoms. The smallest absolute Gasteiger partial charge is 0.333 e. The van der Waals surface area contributed by atoms with Gasteiger partial charge in [0, 0.05) is 5.57 Å². The molecule has 1 saturated carbocycles. The van der Waals surface area contributed by atoms with Crippen LogP contribution >= 0.6 is 0 Å². The van der Waals surface area contributed by atoms with Gasteiger partial charge in [-0.05, 0) is 36.0 Å². The molecule has 5 nitrogen and oxygen atoms in total. The molecule has 0 heterocycles. The number of methoxy groups -OCH3 is 2. The second-order valence-corrected chi connectivity index (χ2v) is 6.63. The Labute approximate surface area is 142 Å². The Morgan fingerprint density at radius 1 is 1.25 bits per heavy atom.